The van der Waals surface area contributed by atoms with Gasteiger partial charge in [-0.2, -0.15) is 13.2 Å². The number of hydrogen-bond donors (Lipinski definition) is 1. The average molecular weight is 299 g/mol. The van der Waals surface area contributed by atoms with Crippen LogP contribution in [0.4, 0.5) is 13.2 Å². The molecule has 0 spiro atoms. The van der Waals surface area contributed by atoms with Gasteiger partial charge in [0.25, 0.3) is 0 Å². The zero-order chi connectivity index (χ0) is 15.5. The van der Waals surface area contributed by atoms with Crippen LogP contribution in [0.2, 0.25) is 0 Å². The molecule has 1 unspecified atom stereocenters. The van der Waals surface area contributed by atoms with Crippen molar-refractivity contribution < 1.29 is 13.2 Å². The normalized spacial score (nSPS) is 24.8. The average Bonchev–Trinajstić information content (AvgIpc) is 2.47. The Morgan fingerprint density at radius 1 is 1.10 bits per heavy atom. The van der Waals surface area contributed by atoms with Crippen LogP contribution < -0.4 is 5.73 Å². The van der Waals surface area contributed by atoms with Crippen molar-refractivity contribution in [3.05, 3.63) is 35.4 Å². The van der Waals surface area contributed by atoms with E-state index in [0.717, 1.165) is 36.5 Å². The first-order chi connectivity index (χ1) is 9.91. The minimum atomic E-state index is -4.28. The first-order valence-corrected chi connectivity index (χ1v) is 7.84. The smallest absolute Gasteiger partial charge is 0.324 e. The van der Waals surface area contributed by atoms with Crippen LogP contribution in [-0.4, -0.2) is 0 Å². The molecular formula is C17H24F3N. The molecule has 1 nitrogen and oxygen atoms in total. The molecular weight excluding hydrogens is 275 g/mol. The maximum atomic E-state index is 12.6. The molecule has 4 heteroatoms. The molecule has 1 aliphatic rings. The summed E-state index contributed by atoms with van der Waals surface area (Å²) in [5.41, 5.74) is 6.48. The van der Waals surface area contributed by atoms with Crippen LogP contribution in [0.1, 0.15) is 62.6 Å². The second-order valence-electron chi connectivity index (χ2n) is 6.22. The van der Waals surface area contributed by atoms with E-state index in [4.69, 9.17) is 5.73 Å². The van der Waals surface area contributed by atoms with Crippen LogP contribution in [0, 0.1) is 11.8 Å². The Hall–Kier alpha value is -1.03. The summed E-state index contributed by atoms with van der Waals surface area (Å²) >= 11 is 0. The molecule has 0 heterocycles. The van der Waals surface area contributed by atoms with Gasteiger partial charge in [-0.05, 0) is 42.4 Å². The van der Waals surface area contributed by atoms with Crippen LogP contribution in [-0.2, 0) is 6.18 Å². The Balaban J connectivity index is 1.96. The third kappa shape index (κ3) is 4.22. The van der Waals surface area contributed by atoms with Gasteiger partial charge in [0.05, 0.1) is 5.56 Å². The Kier molecular flexibility index (Phi) is 5.31. The van der Waals surface area contributed by atoms with Crippen LogP contribution in [0.25, 0.3) is 0 Å². The molecule has 21 heavy (non-hydrogen) atoms. The van der Waals surface area contributed by atoms with Gasteiger partial charge in [-0.3, -0.25) is 0 Å². The van der Waals surface area contributed by atoms with Crippen LogP contribution in [0.5, 0.6) is 0 Å². The zero-order valence-electron chi connectivity index (χ0n) is 12.5. The zero-order valence-corrected chi connectivity index (χ0v) is 12.5. The third-order valence-corrected chi connectivity index (χ3v) is 4.72. The lowest BCUT2D eigenvalue weighted by Crippen LogP contribution is -2.26. The highest BCUT2D eigenvalue weighted by molar-refractivity contribution is 5.27. The largest absolute Gasteiger partial charge is 0.416 e. The molecule has 1 saturated carbocycles. The van der Waals surface area contributed by atoms with Crippen molar-refractivity contribution in [2.75, 3.05) is 0 Å². The molecule has 1 aliphatic carbocycles. The van der Waals surface area contributed by atoms with Crippen molar-refractivity contribution in [2.45, 2.75) is 57.7 Å². The Morgan fingerprint density at radius 3 is 2.14 bits per heavy atom. The second-order valence-corrected chi connectivity index (χ2v) is 6.22. The van der Waals surface area contributed by atoms with Crippen molar-refractivity contribution in [2.24, 2.45) is 17.6 Å². The van der Waals surface area contributed by atoms with Gasteiger partial charge in [0.1, 0.15) is 0 Å². The monoisotopic (exact) mass is 299 g/mol. The predicted octanol–water partition coefficient (Wildman–Crippen LogP) is 5.31. The molecule has 0 aliphatic heterocycles. The van der Waals surface area contributed by atoms with E-state index in [-0.39, 0.29) is 6.04 Å². The number of halogens is 3. The van der Waals surface area contributed by atoms with Gasteiger partial charge in [0.2, 0.25) is 0 Å². The van der Waals surface area contributed by atoms with E-state index in [1.807, 2.05) is 0 Å². The first-order valence-electron chi connectivity index (χ1n) is 7.84. The van der Waals surface area contributed by atoms with Gasteiger partial charge < -0.3 is 5.73 Å². The number of alkyl halides is 3. The molecule has 0 aromatic heterocycles. The molecule has 0 amide bonds. The topological polar surface area (TPSA) is 26.0 Å². The molecule has 0 radical (unpaired) electrons. The lowest BCUT2D eigenvalue weighted by molar-refractivity contribution is -0.137. The van der Waals surface area contributed by atoms with Crippen LogP contribution >= 0.6 is 0 Å². The lowest BCUT2D eigenvalue weighted by atomic mass is 9.76. The van der Waals surface area contributed by atoms with Gasteiger partial charge >= 0.3 is 6.18 Å². The summed E-state index contributed by atoms with van der Waals surface area (Å²) < 4.78 is 37.7. The quantitative estimate of drug-likeness (QED) is 0.801. The molecule has 118 valence electrons. The van der Waals surface area contributed by atoms with E-state index in [0.29, 0.717) is 5.92 Å². The highest BCUT2D eigenvalue weighted by atomic mass is 19.4. The molecule has 2 N–H and O–H groups in total. The molecule has 1 atom stereocenters. The second kappa shape index (κ2) is 6.82. The summed E-state index contributed by atoms with van der Waals surface area (Å²) in [5, 5.41) is 0. The number of rotatable bonds is 4. The molecule has 1 fully saturated rings. The highest BCUT2D eigenvalue weighted by Gasteiger charge is 2.31. The fourth-order valence-electron chi connectivity index (χ4n) is 3.41. The Morgan fingerprint density at radius 2 is 1.67 bits per heavy atom. The van der Waals surface area contributed by atoms with Gasteiger partial charge in [-0.25, -0.2) is 0 Å². The van der Waals surface area contributed by atoms with E-state index in [1.54, 1.807) is 0 Å². The van der Waals surface area contributed by atoms with E-state index in [9.17, 15) is 13.2 Å². The van der Waals surface area contributed by atoms with Crippen molar-refractivity contribution in [1.29, 1.82) is 0 Å². The Labute approximate surface area is 124 Å². The molecule has 0 bridgehead atoms. The van der Waals surface area contributed by atoms with Crippen LogP contribution in [0.3, 0.4) is 0 Å². The third-order valence-electron chi connectivity index (χ3n) is 4.72. The van der Waals surface area contributed by atoms with Gasteiger partial charge in [0.15, 0.2) is 0 Å². The maximum absolute atomic E-state index is 12.6. The SMILES string of the molecule is CCCC1CCC(C(N)c2ccc(C(F)(F)F)cc2)CC1. The van der Waals surface area contributed by atoms with Gasteiger partial charge in [0, 0.05) is 6.04 Å². The number of benzene rings is 1. The summed E-state index contributed by atoms with van der Waals surface area (Å²) in [7, 11) is 0. The fourth-order valence-corrected chi connectivity index (χ4v) is 3.41. The standard InChI is InChI=1S/C17H24F3N/c1-2-3-12-4-6-13(7-5-12)16(21)14-8-10-15(11-9-14)17(18,19)20/h8-13,16H,2-7,21H2,1H3. The van der Waals surface area contributed by atoms with Gasteiger partial charge in [-0.1, -0.05) is 44.7 Å². The van der Waals surface area contributed by atoms with Crippen molar-refractivity contribution >= 4 is 0 Å². The van der Waals surface area contributed by atoms with E-state index in [1.165, 1.54) is 37.8 Å². The van der Waals surface area contributed by atoms with Crippen molar-refractivity contribution in [1.82, 2.24) is 0 Å². The summed E-state index contributed by atoms with van der Waals surface area (Å²) in [5.74, 6) is 1.21. The fraction of sp³-hybridized carbons (Fsp3) is 0.647. The number of hydrogen-bond acceptors (Lipinski definition) is 1. The Bertz CT molecular complexity index is 430. The first kappa shape index (κ1) is 16.3. The summed E-state index contributed by atoms with van der Waals surface area (Å²) in [6, 6.07) is 5.20. The van der Waals surface area contributed by atoms with Crippen molar-refractivity contribution in [3.63, 3.8) is 0 Å². The maximum Gasteiger partial charge on any atom is 0.416 e. The van der Waals surface area contributed by atoms with E-state index >= 15 is 0 Å². The highest BCUT2D eigenvalue weighted by Crippen LogP contribution is 2.38. The number of nitrogens with two attached hydrogens (primary N) is 1. The molecule has 2 rings (SSSR count). The molecule has 1 aromatic rings. The van der Waals surface area contributed by atoms with E-state index < -0.39 is 11.7 Å². The van der Waals surface area contributed by atoms with E-state index in [2.05, 4.69) is 6.92 Å². The van der Waals surface area contributed by atoms with Crippen LogP contribution in [0.15, 0.2) is 24.3 Å². The molecule has 0 saturated heterocycles. The lowest BCUT2D eigenvalue weighted by Gasteiger charge is -2.32. The van der Waals surface area contributed by atoms with Crippen molar-refractivity contribution in [3.8, 4) is 0 Å². The summed E-state index contributed by atoms with van der Waals surface area (Å²) in [4.78, 5) is 0. The van der Waals surface area contributed by atoms with Gasteiger partial charge in [-0.15, -0.1) is 0 Å². The minimum absolute atomic E-state index is 0.144. The molecule has 1 aromatic carbocycles. The summed E-state index contributed by atoms with van der Waals surface area (Å²) in [6.07, 6.45) is 2.81. The predicted molar refractivity (Wildman–Crippen MR) is 78.7 cm³/mol. The summed E-state index contributed by atoms with van der Waals surface area (Å²) in [6.45, 7) is 2.21. The minimum Gasteiger partial charge on any atom is -0.324 e.